The summed E-state index contributed by atoms with van der Waals surface area (Å²) < 4.78 is 73.0. The first kappa shape index (κ1) is 24.6. The van der Waals surface area contributed by atoms with E-state index in [4.69, 9.17) is 16.3 Å². The Labute approximate surface area is 203 Å². The number of nitrogens with zero attached hydrogens (tertiary/aromatic N) is 2. The van der Waals surface area contributed by atoms with E-state index < -0.39 is 21.8 Å². The van der Waals surface area contributed by atoms with Crippen LogP contribution in [0.2, 0.25) is 5.02 Å². The molecule has 1 unspecified atom stereocenters. The topological polar surface area (TPSA) is 83.6 Å². The Hall–Kier alpha value is -2.54. The fourth-order valence-corrected chi connectivity index (χ4v) is 5.46. The minimum atomic E-state index is -4.49. The minimum Gasteiger partial charge on any atom is -0.380 e. The molecule has 13 heteroatoms. The molecule has 0 aliphatic carbocycles. The Bertz CT molecular complexity index is 1270. The quantitative estimate of drug-likeness (QED) is 0.413. The minimum absolute atomic E-state index is 0.0776. The number of benzene rings is 2. The first-order chi connectivity index (χ1) is 16.1. The first-order valence-electron chi connectivity index (χ1n) is 10.0. The van der Waals surface area contributed by atoms with Gasteiger partial charge in [-0.15, -0.1) is 11.3 Å². The van der Waals surface area contributed by atoms with Crippen LogP contribution in [0.5, 0.6) is 0 Å². The second-order valence-electron chi connectivity index (χ2n) is 7.57. The molecule has 1 aliphatic rings. The fraction of sp³-hybridized carbons (Fsp3) is 0.286. The van der Waals surface area contributed by atoms with Crippen molar-refractivity contribution in [1.29, 1.82) is 0 Å². The van der Waals surface area contributed by atoms with Crippen molar-refractivity contribution < 1.29 is 26.3 Å². The number of thiazole rings is 1. The van der Waals surface area contributed by atoms with Crippen LogP contribution >= 0.6 is 22.9 Å². The Balaban J connectivity index is 1.63. The summed E-state index contributed by atoms with van der Waals surface area (Å²) in [5.41, 5.74) is 1.83. The molecule has 7 nitrogen and oxygen atoms in total. The zero-order valence-corrected chi connectivity index (χ0v) is 20.2. The number of ether oxygens (including phenoxy) is 1. The number of rotatable bonds is 7. The maximum Gasteiger partial charge on any atom is 0.416 e. The highest BCUT2D eigenvalue weighted by Crippen LogP contribution is 2.39. The molecule has 3 aromatic rings. The normalized spacial score (nSPS) is 16.6. The number of sulfonamides is 1. The number of alkyl halides is 3. The SMILES string of the molecule is COC1CCN(c2cc(C(F)(F)F)ccc2Nc2ccc(S(=O)(=O)Nc3cscn3)cc2Cl)C1. The monoisotopic (exact) mass is 532 g/mol. The molecule has 1 saturated heterocycles. The van der Waals surface area contributed by atoms with Crippen LogP contribution in [-0.4, -0.2) is 39.7 Å². The summed E-state index contributed by atoms with van der Waals surface area (Å²) in [7, 11) is -2.35. The van der Waals surface area contributed by atoms with E-state index in [9.17, 15) is 21.6 Å². The fourth-order valence-electron chi connectivity index (χ4n) is 3.58. The summed E-state index contributed by atoms with van der Waals surface area (Å²) in [5.74, 6) is 0.192. The molecular weight excluding hydrogens is 513 g/mol. The van der Waals surface area contributed by atoms with Gasteiger partial charge in [-0.3, -0.25) is 4.72 Å². The second kappa shape index (κ2) is 9.61. The molecule has 0 saturated carbocycles. The van der Waals surface area contributed by atoms with E-state index in [-0.39, 0.29) is 21.8 Å². The molecular formula is C21H20ClF3N4O3S2. The average molecular weight is 533 g/mol. The van der Waals surface area contributed by atoms with E-state index in [1.165, 1.54) is 41.1 Å². The third-order valence-corrected chi connectivity index (χ3v) is 7.59. The number of halogens is 4. The molecule has 2 aromatic carbocycles. The van der Waals surface area contributed by atoms with Crippen molar-refractivity contribution in [2.45, 2.75) is 23.6 Å². The zero-order valence-electron chi connectivity index (χ0n) is 17.8. The van der Waals surface area contributed by atoms with E-state index in [0.29, 0.717) is 36.6 Å². The lowest BCUT2D eigenvalue weighted by molar-refractivity contribution is -0.137. The van der Waals surface area contributed by atoms with Crippen LogP contribution in [0.25, 0.3) is 0 Å². The van der Waals surface area contributed by atoms with Crippen LogP contribution in [0.3, 0.4) is 0 Å². The second-order valence-corrected chi connectivity index (χ2v) is 10.4. The number of aromatic nitrogens is 1. The van der Waals surface area contributed by atoms with Crippen molar-refractivity contribution in [3.8, 4) is 0 Å². The first-order valence-corrected chi connectivity index (χ1v) is 12.8. The van der Waals surface area contributed by atoms with Crippen molar-refractivity contribution in [3.63, 3.8) is 0 Å². The smallest absolute Gasteiger partial charge is 0.380 e. The lowest BCUT2D eigenvalue weighted by atomic mass is 10.1. The zero-order chi connectivity index (χ0) is 24.5. The van der Waals surface area contributed by atoms with E-state index in [1.54, 1.807) is 12.5 Å². The third kappa shape index (κ3) is 5.40. The van der Waals surface area contributed by atoms with Crippen molar-refractivity contribution in [2.24, 2.45) is 0 Å². The predicted octanol–water partition coefficient (Wildman–Crippen LogP) is 5.58. The van der Waals surface area contributed by atoms with Gasteiger partial charge in [0.25, 0.3) is 10.0 Å². The Morgan fingerprint density at radius 3 is 2.59 bits per heavy atom. The van der Waals surface area contributed by atoms with Crippen molar-refractivity contribution in [2.75, 3.05) is 35.1 Å². The van der Waals surface area contributed by atoms with Crippen LogP contribution in [0.4, 0.5) is 36.1 Å². The van der Waals surface area contributed by atoms with E-state index in [2.05, 4.69) is 15.0 Å². The van der Waals surface area contributed by atoms with Gasteiger partial charge in [-0.1, -0.05) is 11.6 Å². The third-order valence-electron chi connectivity index (χ3n) is 5.34. The number of hydrogen-bond donors (Lipinski definition) is 2. The van der Waals surface area contributed by atoms with Crippen LogP contribution in [0.15, 0.2) is 52.2 Å². The molecule has 0 bridgehead atoms. The van der Waals surface area contributed by atoms with Gasteiger partial charge >= 0.3 is 6.18 Å². The van der Waals surface area contributed by atoms with Crippen LogP contribution in [-0.2, 0) is 20.9 Å². The van der Waals surface area contributed by atoms with Gasteiger partial charge in [-0.25, -0.2) is 13.4 Å². The maximum atomic E-state index is 13.4. The molecule has 0 spiro atoms. The van der Waals surface area contributed by atoms with Crippen molar-refractivity contribution in [3.05, 3.63) is 57.9 Å². The molecule has 182 valence electrons. The summed E-state index contributed by atoms with van der Waals surface area (Å²) >= 11 is 7.59. The van der Waals surface area contributed by atoms with Crippen LogP contribution in [0.1, 0.15) is 12.0 Å². The summed E-state index contributed by atoms with van der Waals surface area (Å²) in [4.78, 5) is 5.63. The molecule has 0 radical (unpaired) electrons. The lowest BCUT2D eigenvalue weighted by Gasteiger charge is -2.24. The Morgan fingerprint density at radius 1 is 1.21 bits per heavy atom. The molecule has 0 amide bonds. The average Bonchev–Trinajstić information content (AvgIpc) is 3.46. The van der Waals surface area contributed by atoms with Crippen molar-refractivity contribution in [1.82, 2.24) is 4.98 Å². The predicted molar refractivity (Wildman–Crippen MR) is 127 cm³/mol. The van der Waals surface area contributed by atoms with Gasteiger partial charge in [0.15, 0.2) is 5.82 Å². The summed E-state index contributed by atoms with van der Waals surface area (Å²) in [5, 5.41) is 4.68. The Morgan fingerprint density at radius 2 is 1.97 bits per heavy atom. The van der Waals surface area contributed by atoms with Crippen molar-refractivity contribution >= 4 is 55.8 Å². The molecule has 2 heterocycles. The summed E-state index contributed by atoms with van der Waals surface area (Å²) in [6.45, 7) is 0.974. The van der Waals surface area contributed by atoms with Gasteiger partial charge in [0, 0.05) is 25.6 Å². The highest BCUT2D eigenvalue weighted by atomic mass is 35.5. The summed E-state index contributed by atoms with van der Waals surface area (Å²) in [6.07, 6.45) is -3.89. The largest absolute Gasteiger partial charge is 0.416 e. The van der Waals surface area contributed by atoms with Gasteiger partial charge in [-0.05, 0) is 42.8 Å². The summed E-state index contributed by atoms with van der Waals surface area (Å²) in [6, 6.07) is 7.48. The standard InChI is InChI=1S/C21H20ClF3N4O3S2/c1-32-14-6-7-29(10-14)19-8-13(21(23,24)25)2-4-18(19)27-17-5-3-15(9-16(17)22)34(30,31)28-20-11-33-12-26-20/h2-5,8-9,11-12,14,27-28H,6-7,10H2,1H3. The lowest BCUT2D eigenvalue weighted by Crippen LogP contribution is -2.23. The molecule has 1 aliphatic heterocycles. The van der Waals surface area contributed by atoms with E-state index in [1.807, 2.05) is 4.90 Å². The molecule has 1 atom stereocenters. The number of hydrogen-bond acceptors (Lipinski definition) is 7. The van der Waals surface area contributed by atoms with Crippen LogP contribution in [0, 0.1) is 0 Å². The number of nitrogens with one attached hydrogen (secondary N) is 2. The Kier molecular flexibility index (Phi) is 6.94. The maximum absolute atomic E-state index is 13.4. The van der Waals surface area contributed by atoms with Crippen LogP contribution < -0.4 is 14.9 Å². The van der Waals surface area contributed by atoms with Gasteiger partial charge in [-0.2, -0.15) is 13.2 Å². The van der Waals surface area contributed by atoms with E-state index in [0.717, 1.165) is 12.1 Å². The molecule has 1 aromatic heterocycles. The van der Waals surface area contributed by atoms with E-state index >= 15 is 0 Å². The molecule has 34 heavy (non-hydrogen) atoms. The molecule has 1 fully saturated rings. The van der Waals surface area contributed by atoms with Gasteiger partial charge in [0.2, 0.25) is 0 Å². The number of methoxy groups -OCH3 is 1. The molecule has 2 N–H and O–H groups in total. The highest BCUT2D eigenvalue weighted by Gasteiger charge is 2.33. The molecule has 4 rings (SSSR count). The van der Waals surface area contributed by atoms with Gasteiger partial charge in [0.1, 0.15) is 0 Å². The number of anilines is 4. The van der Waals surface area contributed by atoms with Gasteiger partial charge in [0.05, 0.1) is 44.2 Å². The van der Waals surface area contributed by atoms with Gasteiger partial charge < -0.3 is 15.0 Å². The highest BCUT2D eigenvalue weighted by molar-refractivity contribution is 7.92.